The molecule has 34 heavy (non-hydrogen) atoms. The predicted octanol–water partition coefficient (Wildman–Crippen LogP) is 2.90. The van der Waals surface area contributed by atoms with E-state index in [1.807, 2.05) is 15.5 Å². The first kappa shape index (κ1) is 24.8. The normalized spacial score (nSPS) is 16.1. The number of benzene rings is 1. The number of aromatic nitrogens is 2. The Bertz CT molecular complexity index is 1010. The van der Waals surface area contributed by atoms with Crippen LogP contribution in [-0.4, -0.2) is 76.8 Å². The molecule has 0 atom stereocenters. The molecule has 1 fully saturated rings. The highest BCUT2D eigenvalue weighted by Crippen LogP contribution is 2.29. The van der Waals surface area contributed by atoms with Gasteiger partial charge in [0.15, 0.2) is 0 Å². The fraction of sp³-hybridized carbons (Fsp3) is 0.577. The van der Waals surface area contributed by atoms with E-state index in [9.17, 15) is 9.59 Å². The third-order valence-electron chi connectivity index (χ3n) is 7.07. The van der Waals surface area contributed by atoms with Gasteiger partial charge in [0.1, 0.15) is 5.03 Å². The lowest BCUT2D eigenvalue weighted by Crippen LogP contribution is -2.49. The molecule has 1 aliphatic carbocycles. The zero-order valence-electron chi connectivity index (χ0n) is 20.5. The number of hydrogen-bond donors (Lipinski definition) is 0. The lowest BCUT2D eigenvalue weighted by atomic mass is 9.97. The monoisotopic (exact) mass is 483 g/mol. The quantitative estimate of drug-likeness (QED) is 0.404. The molecule has 2 aromatic rings. The second kappa shape index (κ2) is 11.9. The summed E-state index contributed by atoms with van der Waals surface area (Å²) in [5.74, 6) is 0.475. The molecule has 0 N–H and O–H groups in total. The Labute approximate surface area is 207 Å². The number of carbonyl (C=O) groups is 1. The van der Waals surface area contributed by atoms with Gasteiger partial charge in [0, 0.05) is 56.2 Å². The predicted molar refractivity (Wildman–Crippen MR) is 139 cm³/mol. The maximum atomic E-state index is 12.9. The minimum atomic E-state index is -0.167. The highest BCUT2D eigenvalue weighted by atomic mass is 32.2. The van der Waals surface area contributed by atoms with Crippen molar-refractivity contribution in [2.24, 2.45) is 0 Å². The van der Waals surface area contributed by atoms with E-state index in [2.05, 4.69) is 52.9 Å². The van der Waals surface area contributed by atoms with Gasteiger partial charge in [-0.25, -0.2) is 4.79 Å². The van der Waals surface area contributed by atoms with Gasteiger partial charge in [-0.05, 0) is 50.9 Å². The molecule has 0 spiro atoms. The number of nitrogens with zero attached hydrogens (tertiary/aromatic N) is 5. The largest absolute Gasteiger partial charge is 0.368 e. The molecule has 1 aromatic heterocycles. The van der Waals surface area contributed by atoms with Crippen LogP contribution >= 0.6 is 11.8 Å². The van der Waals surface area contributed by atoms with Crippen LogP contribution in [0.15, 0.2) is 40.2 Å². The molecule has 2 aliphatic rings. The van der Waals surface area contributed by atoms with Gasteiger partial charge in [-0.15, -0.1) is 0 Å². The molecule has 0 radical (unpaired) electrons. The van der Waals surface area contributed by atoms with Gasteiger partial charge in [-0.3, -0.25) is 9.36 Å². The van der Waals surface area contributed by atoms with Crippen LogP contribution in [0.2, 0.25) is 0 Å². The van der Waals surface area contributed by atoms with Crippen LogP contribution in [0.3, 0.4) is 0 Å². The molecule has 0 unspecified atom stereocenters. The van der Waals surface area contributed by atoms with Crippen LogP contribution in [0.1, 0.15) is 37.9 Å². The number of hydrogen-bond acceptors (Lipinski definition) is 6. The van der Waals surface area contributed by atoms with E-state index >= 15 is 0 Å². The summed E-state index contributed by atoms with van der Waals surface area (Å²) in [4.78, 5) is 37.0. The third kappa shape index (κ3) is 5.84. The number of piperazine rings is 1. The lowest BCUT2D eigenvalue weighted by molar-refractivity contribution is -0.128. The van der Waals surface area contributed by atoms with Crippen LogP contribution in [0.25, 0.3) is 0 Å². The molecule has 0 saturated carbocycles. The van der Waals surface area contributed by atoms with Gasteiger partial charge in [-0.2, -0.15) is 4.98 Å². The molecular formula is C26H37N5O2S. The van der Waals surface area contributed by atoms with Crippen molar-refractivity contribution in [1.82, 2.24) is 19.4 Å². The first-order chi connectivity index (χ1) is 16.6. The Kier molecular flexibility index (Phi) is 8.67. The second-order valence-corrected chi connectivity index (χ2v) is 9.97. The average Bonchev–Trinajstić information content (AvgIpc) is 2.89. The van der Waals surface area contributed by atoms with Crippen molar-refractivity contribution in [2.45, 2.75) is 51.1 Å². The Morgan fingerprint density at radius 3 is 2.44 bits per heavy atom. The number of anilines is 1. The summed E-state index contributed by atoms with van der Waals surface area (Å²) >= 11 is 1.45. The van der Waals surface area contributed by atoms with E-state index in [0.29, 0.717) is 12.3 Å². The van der Waals surface area contributed by atoms with Gasteiger partial charge in [0.05, 0.1) is 5.75 Å². The van der Waals surface area contributed by atoms with Gasteiger partial charge < -0.3 is 14.7 Å². The van der Waals surface area contributed by atoms with Crippen molar-refractivity contribution in [3.63, 3.8) is 0 Å². The summed E-state index contributed by atoms with van der Waals surface area (Å²) in [5, 5.41) is 0.773. The first-order valence-corrected chi connectivity index (χ1v) is 13.6. The minimum Gasteiger partial charge on any atom is -0.368 e. The maximum Gasteiger partial charge on any atom is 0.348 e. The number of carbonyl (C=O) groups excluding carboxylic acids is 1. The van der Waals surface area contributed by atoms with Gasteiger partial charge in [-0.1, -0.05) is 43.8 Å². The highest BCUT2D eigenvalue weighted by Gasteiger charge is 2.24. The van der Waals surface area contributed by atoms with Crippen LogP contribution in [0.5, 0.6) is 0 Å². The van der Waals surface area contributed by atoms with Crippen molar-refractivity contribution in [1.29, 1.82) is 0 Å². The number of amides is 1. The molecule has 0 bridgehead atoms. The standard InChI is InChI=1S/C26H37N5O2S/c1-3-28(4-2)14-19-31-23-13-9-8-12-22(23)25(27-26(31)33)34-20-24(32)30-17-15-29(16-18-30)21-10-6-5-7-11-21/h5-7,10-11H,3-4,8-9,12-20H2,1-2H3. The Balaban J connectivity index is 1.38. The van der Waals surface area contributed by atoms with Crippen molar-refractivity contribution in [2.75, 3.05) is 56.5 Å². The molecular weight excluding hydrogens is 446 g/mol. The molecule has 1 aliphatic heterocycles. The van der Waals surface area contributed by atoms with Gasteiger partial charge >= 0.3 is 5.69 Å². The Morgan fingerprint density at radius 1 is 1.03 bits per heavy atom. The third-order valence-corrected chi connectivity index (χ3v) is 8.07. The summed E-state index contributed by atoms with van der Waals surface area (Å²) in [7, 11) is 0. The van der Waals surface area contributed by atoms with E-state index in [0.717, 1.165) is 82.2 Å². The number of para-hydroxylation sites is 1. The Hall–Kier alpha value is -2.32. The molecule has 184 valence electrons. The second-order valence-electron chi connectivity index (χ2n) is 9.00. The van der Waals surface area contributed by atoms with E-state index in [4.69, 9.17) is 0 Å². The number of fused-ring (bicyclic) bond motifs is 1. The van der Waals surface area contributed by atoms with Crippen LogP contribution in [0, 0.1) is 0 Å². The summed E-state index contributed by atoms with van der Waals surface area (Å²) in [6.45, 7) is 11.0. The number of likely N-dealkylation sites (N-methyl/N-ethyl adjacent to an activating group) is 1. The maximum absolute atomic E-state index is 12.9. The number of rotatable bonds is 9. The smallest absolute Gasteiger partial charge is 0.348 e. The van der Waals surface area contributed by atoms with Crippen molar-refractivity contribution >= 4 is 23.4 Å². The van der Waals surface area contributed by atoms with E-state index in [1.165, 1.54) is 23.0 Å². The highest BCUT2D eigenvalue weighted by molar-refractivity contribution is 7.99. The molecule has 4 rings (SSSR count). The SMILES string of the molecule is CCN(CC)CCn1c2c(c(SCC(=O)N3CCN(c4ccccc4)CC3)nc1=O)CCCC2. The minimum absolute atomic E-state index is 0.134. The summed E-state index contributed by atoms with van der Waals surface area (Å²) in [6.07, 6.45) is 4.09. The number of thioether (sulfide) groups is 1. The molecule has 1 amide bonds. The molecule has 8 heteroatoms. The topological polar surface area (TPSA) is 61.7 Å². The van der Waals surface area contributed by atoms with E-state index in [-0.39, 0.29) is 11.6 Å². The molecule has 7 nitrogen and oxygen atoms in total. The van der Waals surface area contributed by atoms with Crippen LogP contribution in [-0.2, 0) is 24.2 Å². The molecule has 1 saturated heterocycles. The summed E-state index contributed by atoms with van der Waals surface area (Å²) in [5.41, 5.74) is 3.38. The molecule has 1 aromatic carbocycles. The molecule has 2 heterocycles. The average molecular weight is 484 g/mol. The zero-order chi connectivity index (χ0) is 23.9. The fourth-order valence-corrected chi connectivity index (χ4v) is 5.93. The first-order valence-electron chi connectivity index (χ1n) is 12.7. The van der Waals surface area contributed by atoms with Crippen molar-refractivity contribution < 1.29 is 4.79 Å². The summed E-state index contributed by atoms with van der Waals surface area (Å²) < 4.78 is 1.89. The van der Waals surface area contributed by atoms with Crippen LogP contribution in [0.4, 0.5) is 5.69 Å². The lowest BCUT2D eigenvalue weighted by Gasteiger charge is -2.36. The fourth-order valence-electron chi connectivity index (χ4n) is 4.95. The zero-order valence-corrected chi connectivity index (χ0v) is 21.4. The van der Waals surface area contributed by atoms with Gasteiger partial charge in [0.25, 0.3) is 0 Å². The summed E-state index contributed by atoms with van der Waals surface area (Å²) in [6, 6.07) is 10.4. The van der Waals surface area contributed by atoms with Crippen LogP contribution < -0.4 is 10.6 Å². The van der Waals surface area contributed by atoms with E-state index in [1.54, 1.807) is 0 Å². The van der Waals surface area contributed by atoms with Crippen molar-refractivity contribution in [3.8, 4) is 0 Å². The van der Waals surface area contributed by atoms with E-state index < -0.39 is 0 Å². The van der Waals surface area contributed by atoms with Crippen molar-refractivity contribution in [3.05, 3.63) is 52.1 Å². The van der Waals surface area contributed by atoms with Gasteiger partial charge in [0.2, 0.25) is 5.91 Å². The Morgan fingerprint density at radius 2 is 1.74 bits per heavy atom.